The Hall–Kier alpha value is -3.15. The van der Waals surface area contributed by atoms with Gasteiger partial charge in [0.15, 0.2) is 0 Å². The van der Waals surface area contributed by atoms with Crippen molar-refractivity contribution in [3.63, 3.8) is 0 Å². The zero-order chi connectivity index (χ0) is 16.8. The molecule has 0 radical (unpaired) electrons. The zero-order valence-electron chi connectivity index (χ0n) is 12.7. The monoisotopic (exact) mass is 311 g/mol. The SMILES string of the molecule is C=N/C(=C\C(=C/C)NC(=O)Cc1ccc2cc[nH]c2c1)C(=O)O. The smallest absolute Gasteiger partial charge is 0.354 e. The van der Waals surface area contributed by atoms with Gasteiger partial charge in [-0.3, -0.25) is 9.79 Å². The van der Waals surface area contributed by atoms with Gasteiger partial charge < -0.3 is 15.4 Å². The Morgan fingerprint density at radius 1 is 1.39 bits per heavy atom. The largest absolute Gasteiger partial charge is 0.477 e. The minimum atomic E-state index is -1.20. The van der Waals surface area contributed by atoms with E-state index in [0.717, 1.165) is 16.5 Å². The van der Waals surface area contributed by atoms with E-state index in [0.29, 0.717) is 5.70 Å². The topological polar surface area (TPSA) is 94.5 Å². The highest BCUT2D eigenvalue weighted by molar-refractivity contribution is 5.88. The van der Waals surface area contributed by atoms with Crippen molar-refractivity contribution in [1.82, 2.24) is 10.3 Å². The summed E-state index contributed by atoms with van der Waals surface area (Å²) in [6.45, 7) is 4.89. The number of hydrogen-bond acceptors (Lipinski definition) is 3. The van der Waals surface area contributed by atoms with Crippen molar-refractivity contribution in [1.29, 1.82) is 0 Å². The van der Waals surface area contributed by atoms with Gasteiger partial charge in [0.2, 0.25) is 5.91 Å². The van der Waals surface area contributed by atoms with Gasteiger partial charge in [-0.05, 0) is 42.8 Å². The molecule has 0 fully saturated rings. The lowest BCUT2D eigenvalue weighted by molar-refractivity contribution is -0.132. The van der Waals surface area contributed by atoms with E-state index >= 15 is 0 Å². The number of rotatable bonds is 6. The summed E-state index contributed by atoms with van der Waals surface area (Å²) in [4.78, 5) is 29.5. The van der Waals surface area contributed by atoms with E-state index in [2.05, 4.69) is 22.0 Å². The minimum absolute atomic E-state index is 0.185. The van der Waals surface area contributed by atoms with Gasteiger partial charge in [-0.25, -0.2) is 4.79 Å². The van der Waals surface area contributed by atoms with Crippen molar-refractivity contribution in [3.05, 3.63) is 59.6 Å². The lowest BCUT2D eigenvalue weighted by Gasteiger charge is -2.07. The highest BCUT2D eigenvalue weighted by Crippen LogP contribution is 2.14. The maximum Gasteiger partial charge on any atom is 0.354 e. The third-order valence-corrected chi connectivity index (χ3v) is 3.26. The number of aliphatic imine (C=N–C) groups is 1. The van der Waals surface area contributed by atoms with Gasteiger partial charge in [0.1, 0.15) is 5.70 Å². The average molecular weight is 311 g/mol. The van der Waals surface area contributed by atoms with Gasteiger partial charge in [-0.15, -0.1) is 0 Å². The molecule has 118 valence electrons. The summed E-state index contributed by atoms with van der Waals surface area (Å²) in [5.74, 6) is -1.44. The van der Waals surface area contributed by atoms with Crippen LogP contribution < -0.4 is 5.32 Å². The summed E-state index contributed by atoms with van der Waals surface area (Å²) >= 11 is 0. The molecule has 1 amide bonds. The molecule has 0 unspecified atom stereocenters. The van der Waals surface area contributed by atoms with Crippen LogP contribution in [0.15, 0.2) is 59.0 Å². The number of hydrogen-bond donors (Lipinski definition) is 3. The zero-order valence-corrected chi connectivity index (χ0v) is 12.7. The summed E-state index contributed by atoms with van der Waals surface area (Å²) in [6, 6.07) is 7.69. The van der Waals surface area contributed by atoms with Gasteiger partial charge in [0, 0.05) is 17.4 Å². The molecule has 1 aromatic carbocycles. The molecule has 6 nitrogen and oxygen atoms in total. The molecule has 1 heterocycles. The molecule has 3 N–H and O–H groups in total. The van der Waals surface area contributed by atoms with Crippen LogP contribution in [0.5, 0.6) is 0 Å². The first kappa shape index (κ1) is 16.2. The number of benzene rings is 1. The van der Waals surface area contributed by atoms with E-state index in [4.69, 9.17) is 5.11 Å². The first-order valence-electron chi connectivity index (χ1n) is 6.97. The molecule has 0 saturated carbocycles. The van der Waals surface area contributed by atoms with Crippen LogP contribution in [0.1, 0.15) is 12.5 Å². The standard InChI is InChI=1S/C17H17N3O3/c1-3-13(10-15(18-2)17(22)23)20-16(21)9-11-4-5-12-6-7-19-14(12)8-11/h3-8,10,19H,2,9H2,1H3,(H,20,21)(H,22,23)/b13-3+,15-10-. The van der Waals surface area contributed by atoms with Crippen LogP contribution in [0, 0.1) is 0 Å². The molecular formula is C17H17N3O3. The molecule has 0 aliphatic rings. The van der Waals surface area contributed by atoms with Crippen molar-refractivity contribution >= 4 is 29.5 Å². The van der Waals surface area contributed by atoms with Gasteiger partial charge in [0.05, 0.1) is 6.42 Å². The summed E-state index contributed by atoms with van der Waals surface area (Å²) in [6.07, 6.45) is 4.89. The Labute approximate surface area is 133 Å². The van der Waals surface area contributed by atoms with E-state index in [1.54, 1.807) is 13.0 Å². The second kappa shape index (κ2) is 7.22. The Kier molecular flexibility index (Phi) is 5.09. The first-order valence-corrected chi connectivity index (χ1v) is 6.97. The number of aromatic amines is 1. The van der Waals surface area contributed by atoms with E-state index in [1.807, 2.05) is 30.5 Å². The number of aliphatic carboxylic acids is 1. The fourth-order valence-electron chi connectivity index (χ4n) is 2.11. The van der Waals surface area contributed by atoms with E-state index < -0.39 is 5.97 Å². The van der Waals surface area contributed by atoms with Crippen molar-refractivity contribution in [3.8, 4) is 0 Å². The van der Waals surface area contributed by atoms with Crippen LogP contribution >= 0.6 is 0 Å². The van der Waals surface area contributed by atoms with Crippen LogP contribution in [0.2, 0.25) is 0 Å². The normalized spacial score (nSPS) is 12.2. The van der Waals surface area contributed by atoms with Crippen LogP contribution in [0.3, 0.4) is 0 Å². The predicted octanol–water partition coefficient (Wildman–Crippen LogP) is 2.40. The fourth-order valence-corrected chi connectivity index (χ4v) is 2.11. The molecule has 0 bridgehead atoms. The van der Waals surface area contributed by atoms with Gasteiger partial charge >= 0.3 is 5.97 Å². The number of nitrogens with zero attached hydrogens (tertiary/aromatic N) is 1. The van der Waals surface area contributed by atoms with Crippen LogP contribution in [-0.2, 0) is 16.0 Å². The van der Waals surface area contributed by atoms with Crippen LogP contribution in [0.25, 0.3) is 10.9 Å². The van der Waals surface area contributed by atoms with Crippen molar-refractivity contribution in [2.24, 2.45) is 4.99 Å². The summed E-state index contributed by atoms with van der Waals surface area (Å²) in [7, 11) is 0. The molecule has 2 aromatic rings. The van der Waals surface area contributed by atoms with Crippen LogP contribution in [0.4, 0.5) is 0 Å². The van der Waals surface area contributed by atoms with Gasteiger partial charge in [0.25, 0.3) is 0 Å². The number of amides is 1. The maximum absolute atomic E-state index is 12.1. The third-order valence-electron chi connectivity index (χ3n) is 3.26. The number of allylic oxidation sites excluding steroid dienone is 2. The number of carbonyl (C=O) groups excluding carboxylic acids is 1. The predicted molar refractivity (Wildman–Crippen MR) is 89.2 cm³/mol. The second-order valence-corrected chi connectivity index (χ2v) is 4.86. The number of nitrogens with one attached hydrogen (secondary N) is 2. The molecule has 2 rings (SSSR count). The summed E-state index contributed by atoms with van der Waals surface area (Å²) < 4.78 is 0. The quantitative estimate of drug-likeness (QED) is 0.434. The molecule has 6 heteroatoms. The minimum Gasteiger partial charge on any atom is -0.477 e. The number of aromatic nitrogens is 1. The van der Waals surface area contributed by atoms with Gasteiger partial charge in [-0.2, -0.15) is 0 Å². The molecule has 0 saturated heterocycles. The highest BCUT2D eigenvalue weighted by Gasteiger charge is 2.09. The Morgan fingerprint density at radius 3 is 2.83 bits per heavy atom. The second-order valence-electron chi connectivity index (χ2n) is 4.86. The summed E-state index contributed by atoms with van der Waals surface area (Å²) in [5.41, 5.74) is 1.95. The fraction of sp³-hybridized carbons (Fsp3) is 0.118. The van der Waals surface area contributed by atoms with Crippen molar-refractivity contribution in [2.45, 2.75) is 13.3 Å². The molecule has 0 spiro atoms. The average Bonchev–Trinajstić information content (AvgIpc) is 2.98. The van der Waals surface area contributed by atoms with E-state index in [-0.39, 0.29) is 18.0 Å². The molecule has 0 atom stereocenters. The lowest BCUT2D eigenvalue weighted by atomic mass is 10.1. The Bertz CT molecular complexity index is 815. The molecule has 0 aliphatic carbocycles. The highest BCUT2D eigenvalue weighted by atomic mass is 16.4. The lowest BCUT2D eigenvalue weighted by Crippen LogP contribution is -2.24. The van der Waals surface area contributed by atoms with Crippen molar-refractivity contribution in [2.75, 3.05) is 0 Å². The Balaban J connectivity index is 2.08. The molecule has 0 aliphatic heterocycles. The number of carboxylic acids is 1. The van der Waals surface area contributed by atoms with E-state index in [1.165, 1.54) is 6.08 Å². The molecule has 1 aromatic heterocycles. The Morgan fingerprint density at radius 2 is 2.17 bits per heavy atom. The molecular weight excluding hydrogens is 294 g/mol. The van der Waals surface area contributed by atoms with Crippen LogP contribution in [-0.4, -0.2) is 28.7 Å². The summed E-state index contributed by atoms with van der Waals surface area (Å²) in [5, 5.41) is 12.7. The number of carboxylic acid groups (broad SMARTS) is 1. The number of fused-ring (bicyclic) bond motifs is 1. The number of carbonyl (C=O) groups is 2. The number of H-pyrrole nitrogens is 1. The van der Waals surface area contributed by atoms with Crippen molar-refractivity contribution < 1.29 is 14.7 Å². The first-order chi connectivity index (χ1) is 11.0. The molecule has 23 heavy (non-hydrogen) atoms. The van der Waals surface area contributed by atoms with Gasteiger partial charge in [-0.1, -0.05) is 18.2 Å². The maximum atomic E-state index is 12.1. The van der Waals surface area contributed by atoms with E-state index in [9.17, 15) is 9.59 Å². The third kappa shape index (κ3) is 4.16.